The number of amides is 1. The molecule has 0 unspecified atom stereocenters. The van der Waals surface area contributed by atoms with Gasteiger partial charge in [-0.25, -0.2) is 4.98 Å². The van der Waals surface area contributed by atoms with Gasteiger partial charge in [-0.2, -0.15) is 0 Å². The molecular formula is C28H33N3O4S. The van der Waals surface area contributed by atoms with Gasteiger partial charge in [0.25, 0.3) is 0 Å². The third-order valence-electron chi connectivity index (χ3n) is 6.87. The van der Waals surface area contributed by atoms with Crippen molar-refractivity contribution in [3.05, 3.63) is 76.7 Å². The van der Waals surface area contributed by atoms with Gasteiger partial charge in [-0.15, -0.1) is 11.3 Å². The molecular weight excluding hydrogens is 474 g/mol. The molecule has 2 aliphatic rings. The molecule has 0 spiro atoms. The largest absolute Gasteiger partial charge is 0.389 e. The van der Waals surface area contributed by atoms with E-state index >= 15 is 0 Å². The highest BCUT2D eigenvalue weighted by atomic mass is 32.1. The van der Waals surface area contributed by atoms with Crippen molar-refractivity contribution in [2.24, 2.45) is 0 Å². The second-order valence-corrected chi connectivity index (χ2v) is 10.5. The summed E-state index contributed by atoms with van der Waals surface area (Å²) >= 11 is 1.62. The number of hydrogen-bond acceptors (Lipinski definition) is 7. The molecule has 3 aromatic rings. The van der Waals surface area contributed by atoms with Gasteiger partial charge in [0.1, 0.15) is 5.01 Å². The lowest BCUT2D eigenvalue weighted by molar-refractivity contribution is -0.158. The van der Waals surface area contributed by atoms with E-state index in [9.17, 15) is 9.90 Å². The summed E-state index contributed by atoms with van der Waals surface area (Å²) in [5.41, 5.74) is 3.41. The van der Waals surface area contributed by atoms with Crippen molar-refractivity contribution in [3.63, 3.8) is 0 Å². The number of rotatable bonds is 7. The van der Waals surface area contributed by atoms with Crippen LogP contribution in [0.2, 0.25) is 0 Å². The van der Waals surface area contributed by atoms with E-state index in [4.69, 9.17) is 9.47 Å². The van der Waals surface area contributed by atoms with Crippen molar-refractivity contribution >= 4 is 17.2 Å². The van der Waals surface area contributed by atoms with Gasteiger partial charge in [0, 0.05) is 30.7 Å². The minimum absolute atomic E-state index is 0.00703. The predicted octanol–water partition coefficient (Wildman–Crippen LogP) is 3.63. The Kier molecular flexibility index (Phi) is 8.40. The fraction of sp³-hybridized carbons (Fsp3) is 0.429. The van der Waals surface area contributed by atoms with Crippen LogP contribution < -0.4 is 5.32 Å². The molecule has 2 saturated heterocycles. The van der Waals surface area contributed by atoms with Crippen LogP contribution in [0.3, 0.4) is 0 Å². The topological polar surface area (TPSA) is 83.9 Å². The fourth-order valence-electron chi connectivity index (χ4n) is 5.06. The van der Waals surface area contributed by atoms with Gasteiger partial charge in [-0.05, 0) is 29.5 Å². The van der Waals surface area contributed by atoms with Crippen LogP contribution in [-0.4, -0.2) is 65.0 Å². The summed E-state index contributed by atoms with van der Waals surface area (Å²) in [6, 6.07) is 18.7. The number of β-amino-alcohol motifs (C(OH)–C–C–N with tert-alkyl or cyclic N) is 1. The Bertz CT molecular complexity index is 1090. The number of ether oxygens (including phenoxy) is 2. The molecule has 1 amide bonds. The van der Waals surface area contributed by atoms with Crippen LogP contribution >= 0.6 is 11.3 Å². The number of carbonyl (C=O) groups is 1. The quantitative estimate of drug-likeness (QED) is 0.508. The van der Waals surface area contributed by atoms with E-state index in [0.29, 0.717) is 32.7 Å². The number of aromatic nitrogens is 1. The van der Waals surface area contributed by atoms with Crippen LogP contribution in [-0.2, 0) is 27.4 Å². The van der Waals surface area contributed by atoms with Gasteiger partial charge < -0.3 is 19.9 Å². The van der Waals surface area contributed by atoms with E-state index in [2.05, 4.69) is 51.6 Å². The van der Waals surface area contributed by atoms with Crippen LogP contribution in [0.4, 0.5) is 0 Å². The SMILES string of the molecule is O=C(C[C@H]1CC[C@H]2[C@@H](COC[C@H](O)CN2Cc2nccs2)O1)NCc1ccc(-c2ccccc2)cc1. The number of nitrogens with zero attached hydrogens (tertiary/aromatic N) is 2. The zero-order valence-electron chi connectivity index (χ0n) is 20.3. The molecule has 3 heterocycles. The smallest absolute Gasteiger partial charge is 0.222 e. The van der Waals surface area contributed by atoms with Crippen molar-refractivity contribution in [2.45, 2.75) is 56.7 Å². The van der Waals surface area contributed by atoms with Crippen molar-refractivity contribution in [3.8, 4) is 11.1 Å². The van der Waals surface area contributed by atoms with Crippen LogP contribution in [0.15, 0.2) is 66.2 Å². The highest BCUT2D eigenvalue weighted by molar-refractivity contribution is 7.09. The lowest BCUT2D eigenvalue weighted by Gasteiger charge is -2.44. The molecule has 0 radical (unpaired) electrons. The molecule has 0 bridgehead atoms. The number of aliphatic hydroxyl groups is 1. The van der Waals surface area contributed by atoms with Gasteiger partial charge in [-0.3, -0.25) is 9.69 Å². The summed E-state index contributed by atoms with van der Waals surface area (Å²) in [5.74, 6) is -0.00703. The molecule has 8 heteroatoms. The first-order valence-electron chi connectivity index (χ1n) is 12.6. The zero-order valence-corrected chi connectivity index (χ0v) is 21.1. The molecule has 5 rings (SSSR count). The van der Waals surface area contributed by atoms with Crippen LogP contribution in [0.1, 0.15) is 29.8 Å². The molecule has 2 aromatic carbocycles. The summed E-state index contributed by atoms with van der Waals surface area (Å²) in [4.78, 5) is 19.4. The van der Waals surface area contributed by atoms with Gasteiger partial charge >= 0.3 is 0 Å². The summed E-state index contributed by atoms with van der Waals surface area (Å²) in [5, 5.41) is 16.4. The molecule has 2 N–H and O–H groups in total. The minimum Gasteiger partial charge on any atom is -0.389 e. The van der Waals surface area contributed by atoms with E-state index in [1.54, 1.807) is 11.3 Å². The highest BCUT2D eigenvalue weighted by Gasteiger charge is 2.38. The highest BCUT2D eigenvalue weighted by Crippen LogP contribution is 2.29. The first kappa shape index (κ1) is 25.0. The van der Waals surface area contributed by atoms with E-state index in [0.717, 1.165) is 29.0 Å². The molecule has 36 heavy (non-hydrogen) atoms. The van der Waals surface area contributed by atoms with Gasteiger partial charge in [0.05, 0.1) is 44.5 Å². The van der Waals surface area contributed by atoms with Crippen LogP contribution in [0, 0.1) is 0 Å². The molecule has 190 valence electrons. The summed E-state index contributed by atoms with van der Waals surface area (Å²) < 4.78 is 12.1. The molecule has 2 fully saturated rings. The van der Waals surface area contributed by atoms with Gasteiger partial charge in [0.15, 0.2) is 0 Å². The van der Waals surface area contributed by atoms with Crippen molar-refractivity contribution < 1.29 is 19.4 Å². The monoisotopic (exact) mass is 507 g/mol. The number of thiazole rings is 1. The lowest BCUT2D eigenvalue weighted by atomic mass is 9.94. The van der Waals surface area contributed by atoms with Crippen LogP contribution in [0.5, 0.6) is 0 Å². The Morgan fingerprint density at radius 3 is 2.67 bits per heavy atom. The maximum Gasteiger partial charge on any atom is 0.222 e. The molecule has 4 atom stereocenters. The Morgan fingerprint density at radius 2 is 1.89 bits per heavy atom. The maximum atomic E-state index is 12.7. The number of aliphatic hydroxyl groups excluding tert-OH is 1. The van der Waals surface area contributed by atoms with Crippen molar-refractivity contribution in [1.29, 1.82) is 0 Å². The lowest BCUT2D eigenvalue weighted by Crippen LogP contribution is -2.55. The van der Waals surface area contributed by atoms with Crippen molar-refractivity contribution in [2.75, 3.05) is 19.8 Å². The van der Waals surface area contributed by atoms with E-state index in [1.807, 2.05) is 29.8 Å². The number of nitrogens with one attached hydrogen (secondary N) is 1. The third-order valence-corrected chi connectivity index (χ3v) is 7.64. The summed E-state index contributed by atoms with van der Waals surface area (Å²) in [6.07, 6.45) is 3.04. The number of carbonyl (C=O) groups excluding carboxylic acids is 1. The second-order valence-electron chi connectivity index (χ2n) is 9.53. The van der Waals surface area contributed by atoms with E-state index in [1.165, 1.54) is 5.56 Å². The van der Waals surface area contributed by atoms with E-state index < -0.39 is 6.10 Å². The predicted molar refractivity (Wildman–Crippen MR) is 139 cm³/mol. The standard InChI is InChI=1S/C28H33N3O4S/c32-23-16-31(17-28-29-12-13-36-28)25-11-10-24(35-26(25)19-34-18-23)14-27(33)30-15-20-6-8-22(9-7-20)21-4-2-1-3-5-21/h1-9,12-13,23-26,32H,10-11,14-19H2,(H,30,33)/t23-,24-,25+,26-/m1/s1. The van der Waals surface area contributed by atoms with Crippen LogP contribution in [0.25, 0.3) is 11.1 Å². The first-order valence-corrected chi connectivity index (χ1v) is 13.5. The molecule has 0 aliphatic carbocycles. The maximum absolute atomic E-state index is 12.7. The number of benzene rings is 2. The first-order chi connectivity index (χ1) is 17.6. The summed E-state index contributed by atoms with van der Waals surface area (Å²) in [7, 11) is 0. The summed E-state index contributed by atoms with van der Waals surface area (Å²) in [6.45, 7) is 2.41. The fourth-order valence-corrected chi connectivity index (χ4v) is 5.70. The normalized spacial score (nSPS) is 24.9. The Morgan fingerprint density at radius 1 is 1.08 bits per heavy atom. The molecule has 1 aromatic heterocycles. The van der Waals surface area contributed by atoms with Gasteiger partial charge in [-0.1, -0.05) is 54.6 Å². The number of fused-ring (bicyclic) bond motifs is 1. The number of hydrogen-bond donors (Lipinski definition) is 2. The molecule has 7 nitrogen and oxygen atoms in total. The molecule has 0 saturated carbocycles. The second kappa shape index (κ2) is 12.1. The van der Waals surface area contributed by atoms with Crippen molar-refractivity contribution in [1.82, 2.24) is 15.2 Å². The molecule has 2 aliphatic heterocycles. The Hall–Kier alpha value is -2.62. The minimum atomic E-state index is -0.531. The van der Waals surface area contributed by atoms with E-state index in [-0.39, 0.29) is 30.8 Å². The average Bonchev–Trinajstić information content (AvgIpc) is 3.40. The Balaban J connectivity index is 1.13. The average molecular weight is 508 g/mol. The Labute approximate surface area is 216 Å². The zero-order chi connectivity index (χ0) is 24.7. The van der Waals surface area contributed by atoms with Gasteiger partial charge in [0.2, 0.25) is 5.91 Å². The third kappa shape index (κ3) is 6.57.